The highest BCUT2D eigenvalue weighted by Crippen LogP contribution is 2.25. The van der Waals surface area contributed by atoms with E-state index in [4.69, 9.17) is 27.9 Å². The van der Waals surface area contributed by atoms with Crippen LogP contribution in [0.4, 0.5) is 5.69 Å². The van der Waals surface area contributed by atoms with Gasteiger partial charge in [-0.15, -0.1) is 0 Å². The van der Waals surface area contributed by atoms with Gasteiger partial charge in [0.1, 0.15) is 12.4 Å². The molecule has 0 heterocycles. The van der Waals surface area contributed by atoms with Crippen LogP contribution in [0.2, 0.25) is 10.0 Å². The van der Waals surface area contributed by atoms with Crippen LogP contribution in [0, 0.1) is 13.8 Å². The monoisotopic (exact) mass is 309 g/mol. The van der Waals surface area contributed by atoms with Gasteiger partial charge < -0.3 is 10.1 Å². The Hall–Kier alpha value is -1.38. The molecule has 0 atom stereocenters. The summed E-state index contributed by atoms with van der Waals surface area (Å²) in [6.07, 6.45) is 0. The summed E-state index contributed by atoms with van der Waals surface area (Å²) < 4.78 is 5.72. The Balaban J connectivity index is 1.84. The van der Waals surface area contributed by atoms with Crippen LogP contribution in [-0.2, 0) is 0 Å². The van der Waals surface area contributed by atoms with Crippen molar-refractivity contribution in [2.24, 2.45) is 0 Å². The Labute approximate surface area is 129 Å². The molecule has 0 radical (unpaired) electrons. The number of hydrogen-bond donors (Lipinski definition) is 1. The molecule has 4 heteroatoms. The van der Waals surface area contributed by atoms with Gasteiger partial charge in [0.25, 0.3) is 0 Å². The normalized spacial score (nSPS) is 10.4. The molecule has 1 N–H and O–H groups in total. The molecule has 0 saturated carbocycles. The van der Waals surface area contributed by atoms with Crippen LogP contribution in [0.25, 0.3) is 0 Å². The molecule has 0 unspecified atom stereocenters. The number of rotatable bonds is 5. The van der Waals surface area contributed by atoms with Crippen molar-refractivity contribution < 1.29 is 4.74 Å². The maximum atomic E-state index is 6.13. The largest absolute Gasteiger partial charge is 0.492 e. The number of nitrogens with one attached hydrogen (secondary N) is 1. The molecule has 2 nitrogen and oxygen atoms in total. The number of halogens is 2. The Kier molecular flexibility index (Phi) is 5.16. The van der Waals surface area contributed by atoms with E-state index in [1.807, 2.05) is 50.2 Å². The molecule has 0 aliphatic carbocycles. The average molecular weight is 310 g/mol. The van der Waals surface area contributed by atoms with E-state index in [1.54, 1.807) is 0 Å². The lowest BCUT2D eigenvalue weighted by molar-refractivity contribution is 0.332. The van der Waals surface area contributed by atoms with Crippen LogP contribution in [0.3, 0.4) is 0 Å². The van der Waals surface area contributed by atoms with Crippen molar-refractivity contribution in [1.29, 1.82) is 0 Å². The first kappa shape index (κ1) is 15.0. The maximum absolute atomic E-state index is 6.13. The van der Waals surface area contributed by atoms with Crippen LogP contribution in [-0.4, -0.2) is 13.2 Å². The van der Waals surface area contributed by atoms with Gasteiger partial charge in [-0.1, -0.05) is 29.3 Å². The predicted octanol–water partition coefficient (Wildman–Crippen LogP) is 5.10. The van der Waals surface area contributed by atoms with E-state index < -0.39 is 0 Å². The van der Waals surface area contributed by atoms with E-state index in [1.165, 1.54) is 0 Å². The van der Waals surface area contributed by atoms with E-state index in [2.05, 4.69) is 5.32 Å². The maximum Gasteiger partial charge on any atom is 0.120 e. The van der Waals surface area contributed by atoms with Crippen LogP contribution >= 0.6 is 23.2 Å². The second-order valence-electron chi connectivity index (χ2n) is 4.66. The van der Waals surface area contributed by atoms with Crippen molar-refractivity contribution in [3.63, 3.8) is 0 Å². The average Bonchev–Trinajstić information content (AvgIpc) is 2.41. The highest BCUT2D eigenvalue weighted by Gasteiger charge is 2.03. The Morgan fingerprint density at radius 2 is 1.75 bits per heavy atom. The highest BCUT2D eigenvalue weighted by molar-refractivity contribution is 6.32. The number of benzene rings is 2. The Morgan fingerprint density at radius 1 is 1.05 bits per heavy atom. The molecule has 0 aromatic heterocycles. The molecule has 0 spiro atoms. The molecular weight excluding hydrogens is 293 g/mol. The Bertz CT molecular complexity index is 576. The zero-order valence-corrected chi connectivity index (χ0v) is 13.1. The summed E-state index contributed by atoms with van der Waals surface area (Å²) in [7, 11) is 0. The van der Waals surface area contributed by atoms with Gasteiger partial charge in [-0.2, -0.15) is 0 Å². The van der Waals surface area contributed by atoms with Gasteiger partial charge in [-0.3, -0.25) is 0 Å². The molecule has 0 fully saturated rings. The first-order valence-electron chi connectivity index (χ1n) is 6.45. The van der Waals surface area contributed by atoms with Gasteiger partial charge in [0.2, 0.25) is 0 Å². The number of anilines is 1. The molecule has 2 aromatic carbocycles. The third-order valence-corrected chi connectivity index (χ3v) is 3.77. The summed E-state index contributed by atoms with van der Waals surface area (Å²) in [4.78, 5) is 0. The van der Waals surface area contributed by atoms with Gasteiger partial charge in [0.05, 0.1) is 0 Å². The molecule has 2 aromatic rings. The minimum absolute atomic E-state index is 0.576. The van der Waals surface area contributed by atoms with Crippen molar-refractivity contribution in [1.82, 2.24) is 0 Å². The molecule has 0 aliphatic heterocycles. The van der Waals surface area contributed by atoms with Gasteiger partial charge in [-0.05, 0) is 55.3 Å². The van der Waals surface area contributed by atoms with Crippen molar-refractivity contribution in [2.45, 2.75) is 13.8 Å². The van der Waals surface area contributed by atoms with Gasteiger partial charge in [0.15, 0.2) is 0 Å². The van der Waals surface area contributed by atoms with Crippen LogP contribution in [0.5, 0.6) is 5.75 Å². The summed E-state index contributed by atoms with van der Waals surface area (Å²) in [6.45, 7) is 5.24. The molecule has 0 saturated heterocycles. The van der Waals surface area contributed by atoms with E-state index >= 15 is 0 Å². The third-order valence-electron chi connectivity index (χ3n) is 2.93. The zero-order valence-electron chi connectivity index (χ0n) is 11.5. The first-order chi connectivity index (χ1) is 9.56. The van der Waals surface area contributed by atoms with Crippen molar-refractivity contribution in [2.75, 3.05) is 18.5 Å². The van der Waals surface area contributed by atoms with Crippen LogP contribution < -0.4 is 10.1 Å². The molecule has 0 amide bonds. The third kappa shape index (κ3) is 4.06. The number of ether oxygens (including phenoxy) is 1. The fourth-order valence-corrected chi connectivity index (χ4v) is 2.25. The minimum Gasteiger partial charge on any atom is -0.492 e. The summed E-state index contributed by atoms with van der Waals surface area (Å²) in [6, 6.07) is 11.5. The number of hydrogen-bond acceptors (Lipinski definition) is 2. The lowest BCUT2D eigenvalue weighted by Gasteiger charge is -2.11. The topological polar surface area (TPSA) is 21.3 Å². The molecular formula is C16H17Cl2NO. The smallest absolute Gasteiger partial charge is 0.120 e. The fourth-order valence-electron chi connectivity index (χ4n) is 1.95. The van der Waals surface area contributed by atoms with E-state index in [-0.39, 0.29) is 0 Å². The van der Waals surface area contributed by atoms with Crippen LogP contribution in [0.1, 0.15) is 11.1 Å². The molecule has 20 heavy (non-hydrogen) atoms. The lowest BCUT2D eigenvalue weighted by Crippen LogP contribution is -2.11. The molecule has 2 rings (SSSR count). The van der Waals surface area contributed by atoms with E-state index in [0.717, 1.165) is 32.6 Å². The molecule has 0 bridgehead atoms. The van der Waals surface area contributed by atoms with Gasteiger partial charge >= 0.3 is 0 Å². The predicted molar refractivity (Wildman–Crippen MR) is 86.4 cm³/mol. The van der Waals surface area contributed by atoms with Gasteiger partial charge in [0, 0.05) is 22.3 Å². The quantitative estimate of drug-likeness (QED) is 0.776. The van der Waals surface area contributed by atoms with Gasteiger partial charge in [-0.25, -0.2) is 0 Å². The Morgan fingerprint density at radius 3 is 2.40 bits per heavy atom. The number of aryl methyl sites for hydroxylation is 2. The summed E-state index contributed by atoms with van der Waals surface area (Å²) in [5.41, 5.74) is 3.05. The van der Waals surface area contributed by atoms with Crippen molar-refractivity contribution in [3.8, 4) is 5.75 Å². The SMILES string of the molecule is Cc1cc(OCCNc2cccc(Cl)c2)cc(C)c1Cl. The van der Waals surface area contributed by atoms with E-state index in [0.29, 0.717) is 13.2 Å². The zero-order chi connectivity index (χ0) is 14.5. The lowest BCUT2D eigenvalue weighted by atomic mass is 10.1. The minimum atomic E-state index is 0.576. The summed E-state index contributed by atoms with van der Waals surface area (Å²) in [5, 5.41) is 4.78. The van der Waals surface area contributed by atoms with Crippen molar-refractivity contribution in [3.05, 3.63) is 57.6 Å². The molecule has 0 aliphatic rings. The summed E-state index contributed by atoms with van der Waals surface area (Å²) >= 11 is 12.0. The second kappa shape index (κ2) is 6.87. The van der Waals surface area contributed by atoms with Crippen LogP contribution in [0.15, 0.2) is 36.4 Å². The second-order valence-corrected chi connectivity index (χ2v) is 5.47. The first-order valence-corrected chi connectivity index (χ1v) is 7.21. The molecule has 106 valence electrons. The van der Waals surface area contributed by atoms with E-state index in [9.17, 15) is 0 Å². The highest BCUT2D eigenvalue weighted by atomic mass is 35.5. The fraction of sp³-hybridized carbons (Fsp3) is 0.250. The summed E-state index contributed by atoms with van der Waals surface area (Å²) in [5.74, 6) is 0.845. The van der Waals surface area contributed by atoms with Crippen molar-refractivity contribution >= 4 is 28.9 Å². The standard InChI is InChI=1S/C16H17Cl2NO/c1-11-8-15(9-12(2)16(11)18)20-7-6-19-14-5-3-4-13(17)10-14/h3-5,8-10,19H,6-7H2,1-2H3.